The lowest BCUT2D eigenvalue weighted by Gasteiger charge is -2.42. The third-order valence-electron chi connectivity index (χ3n) is 4.82. The molecule has 0 saturated heterocycles. The van der Waals surface area contributed by atoms with Crippen LogP contribution in [0.3, 0.4) is 0 Å². The van der Waals surface area contributed by atoms with Crippen molar-refractivity contribution in [2.45, 2.75) is 37.8 Å². The molecule has 0 radical (unpaired) electrons. The van der Waals surface area contributed by atoms with Gasteiger partial charge in [0.15, 0.2) is 0 Å². The fourth-order valence-electron chi connectivity index (χ4n) is 3.19. The predicted octanol–water partition coefficient (Wildman–Crippen LogP) is 1.75. The topological polar surface area (TPSA) is 78.9 Å². The molecule has 24 heavy (non-hydrogen) atoms. The minimum absolute atomic E-state index is 0.0950. The maximum atomic E-state index is 12.3. The van der Waals surface area contributed by atoms with Crippen LogP contribution in [0.2, 0.25) is 0 Å². The van der Waals surface area contributed by atoms with Crippen LogP contribution in [0.1, 0.15) is 36.0 Å². The van der Waals surface area contributed by atoms with Gasteiger partial charge < -0.3 is 15.2 Å². The molecule has 0 aliphatic heterocycles. The van der Waals surface area contributed by atoms with E-state index in [0.717, 1.165) is 19.4 Å². The molecule has 130 valence electrons. The summed E-state index contributed by atoms with van der Waals surface area (Å²) in [7, 11) is 1.57. The van der Waals surface area contributed by atoms with Gasteiger partial charge in [0.1, 0.15) is 5.75 Å². The lowest BCUT2D eigenvalue weighted by atomic mass is 9.85. The van der Waals surface area contributed by atoms with Crippen LogP contribution in [0.25, 0.3) is 0 Å². The van der Waals surface area contributed by atoms with E-state index >= 15 is 0 Å². The van der Waals surface area contributed by atoms with Crippen LogP contribution in [0.15, 0.2) is 24.3 Å². The van der Waals surface area contributed by atoms with Crippen molar-refractivity contribution in [2.75, 3.05) is 20.2 Å². The number of carbonyl (C=O) groups excluding carboxylic acids is 1. The van der Waals surface area contributed by atoms with E-state index in [2.05, 4.69) is 10.2 Å². The molecular formula is C18H24N2O4. The van der Waals surface area contributed by atoms with E-state index in [9.17, 15) is 9.59 Å². The Morgan fingerprint density at radius 3 is 2.71 bits per heavy atom. The Bertz CT molecular complexity index is 609. The maximum absolute atomic E-state index is 12.3. The van der Waals surface area contributed by atoms with Crippen LogP contribution in [-0.2, 0) is 4.79 Å². The molecule has 0 heterocycles. The predicted molar refractivity (Wildman–Crippen MR) is 89.2 cm³/mol. The zero-order chi connectivity index (χ0) is 17.1. The Morgan fingerprint density at radius 2 is 2.08 bits per heavy atom. The van der Waals surface area contributed by atoms with Gasteiger partial charge in [0, 0.05) is 24.2 Å². The summed E-state index contributed by atoms with van der Waals surface area (Å²) in [6, 6.07) is 7.45. The Morgan fingerprint density at radius 1 is 1.33 bits per heavy atom. The number of ether oxygens (including phenoxy) is 1. The number of aliphatic carboxylic acids is 1. The number of rotatable bonds is 8. The summed E-state index contributed by atoms with van der Waals surface area (Å²) in [4.78, 5) is 25.4. The zero-order valence-electron chi connectivity index (χ0n) is 13.9. The number of hydrogen-bond acceptors (Lipinski definition) is 4. The minimum atomic E-state index is -0.778. The van der Waals surface area contributed by atoms with E-state index in [1.807, 2.05) is 0 Å². The molecule has 6 nitrogen and oxygen atoms in total. The van der Waals surface area contributed by atoms with Crippen LogP contribution < -0.4 is 10.1 Å². The minimum Gasteiger partial charge on any atom is -0.497 e. The van der Waals surface area contributed by atoms with Crippen LogP contribution in [0.4, 0.5) is 0 Å². The number of carboxylic acids is 1. The summed E-state index contributed by atoms with van der Waals surface area (Å²) in [5.74, 6) is 0.435. The van der Waals surface area contributed by atoms with Crippen LogP contribution in [0, 0.1) is 5.92 Å². The van der Waals surface area contributed by atoms with Crippen molar-refractivity contribution in [2.24, 2.45) is 5.92 Å². The lowest BCUT2D eigenvalue weighted by molar-refractivity contribution is -0.139. The molecule has 2 aliphatic rings. The van der Waals surface area contributed by atoms with Crippen LogP contribution in [-0.4, -0.2) is 54.2 Å². The molecule has 2 saturated carbocycles. The molecule has 0 atom stereocenters. The standard InChI is InChI=1S/C18H24N2O4/c1-24-16-4-2-3-13(7-16)18(23)19-14-8-15(9-14)20(11-17(21)22)10-12-5-6-12/h2-4,7,12,14-15H,5-6,8-11H2,1H3,(H,19,23)(H,21,22). The fourth-order valence-corrected chi connectivity index (χ4v) is 3.19. The average molecular weight is 332 g/mol. The van der Waals surface area contributed by atoms with Crippen molar-refractivity contribution >= 4 is 11.9 Å². The number of carbonyl (C=O) groups is 2. The van der Waals surface area contributed by atoms with E-state index in [1.54, 1.807) is 31.4 Å². The van der Waals surface area contributed by atoms with Gasteiger partial charge in [-0.2, -0.15) is 0 Å². The quantitative estimate of drug-likeness (QED) is 0.758. The second-order valence-electron chi connectivity index (χ2n) is 6.79. The van der Waals surface area contributed by atoms with Crippen LogP contribution in [0.5, 0.6) is 5.75 Å². The highest BCUT2D eigenvalue weighted by Crippen LogP contribution is 2.33. The van der Waals surface area contributed by atoms with Crippen molar-refractivity contribution in [1.29, 1.82) is 0 Å². The molecule has 2 N–H and O–H groups in total. The highest BCUT2D eigenvalue weighted by Gasteiger charge is 2.37. The third-order valence-corrected chi connectivity index (χ3v) is 4.82. The molecule has 1 aromatic rings. The second-order valence-corrected chi connectivity index (χ2v) is 6.79. The third kappa shape index (κ3) is 4.26. The number of nitrogens with one attached hydrogen (secondary N) is 1. The fraction of sp³-hybridized carbons (Fsp3) is 0.556. The van der Waals surface area contributed by atoms with Gasteiger partial charge in [0.25, 0.3) is 5.91 Å². The molecule has 0 bridgehead atoms. The first-order valence-electron chi connectivity index (χ1n) is 8.46. The van der Waals surface area contributed by atoms with Gasteiger partial charge >= 0.3 is 5.97 Å². The summed E-state index contributed by atoms with van der Waals surface area (Å²) in [5, 5.41) is 12.1. The molecule has 0 unspecified atom stereocenters. The Labute approximate surface area is 141 Å². The summed E-state index contributed by atoms with van der Waals surface area (Å²) >= 11 is 0. The second kappa shape index (κ2) is 7.21. The van der Waals surface area contributed by atoms with Crippen molar-refractivity contribution in [3.8, 4) is 5.75 Å². The first kappa shape index (κ1) is 16.8. The molecular weight excluding hydrogens is 308 g/mol. The molecule has 0 aromatic heterocycles. The number of carboxylic acid groups (broad SMARTS) is 1. The van der Waals surface area contributed by atoms with Gasteiger partial charge in [-0.3, -0.25) is 14.5 Å². The van der Waals surface area contributed by atoms with Gasteiger partial charge in [0.05, 0.1) is 13.7 Å². The van der Waals surface area contributed by atoms with Gasteiger partial charge in [-0.1, -0.05) is 6.07 Å². The lowest BCUT2D eigenvalue weighted by Crippen LogP contribution is -2.55. The average Bonchev–Trinajstić information content (AvgIpc) is 3.33. The molecule has 1 aromatic carbocycles. The number of benzene rings is 1. The van der Waals surface area contributed by atoms with E-state index < -0.39 is 5.97 Å². The summed E-state index contributed by atoms with van der Waals surface area (Å²) < 4.78 is 5.14. The van der Waals surface area contributed by atoms with Crippen LogP contribution >= 0.6 is 0 Å². The smallest absolute Gasteiger partial charge is 0.317 e. The monoisotopic (exact) mass is 332 g/mol. The normalized spacial score (nSPS) is 22.8. The van der Waals surface area contributed by atoms with Gasteiger partial charge in [-0.15, -0.1) is 0 Å². The molecule has 1 amide bonds. The van der Waals surface area contributed by atoms with E-state index in [0.29, 0.717) is 17.2 Å². The van der Waals surface area contributed by atoms with Gasteiger partial charge in [-0.05, 0) is 49.8 Å². The largest absolute Gasteiger partial charge is 0.497 e. The first-order valence-corrected chi connectivity index (χ1v) is 8.46. The SMILES string of the molecule is COc1cccc(C(=O)NC2CC(N(CC(=O)O)CC3CC3)C2)c1. The van der Waals surface area contributed by atoms with Crippen molar-refractivity contribution in [3.63, 3.8) is 0 Å². The van der Waals surface area contributed by atoms with Gasteiger partial charge in [-0.25, -0.2) is 0 Å². The molecule has 6 heteroatoms. The number of amides is 1. The van der Waals surface area contributed by atoms with E-state index in [1.165, 1.54) is 12.8 Å². The van der Waals surface area contributed by atoms with Crippen molar-refractivity contribution in [3.05, 3.63) is 29.8 Å². The molecule has 2 aliphatic carbocycles. The van der Waals surface area contributed by atoms with Crippen molar-refractivity contribution in [1.82, 2.24) is 10.2 Å². The number of hydrogen-bond donors (Lipinski definition) is 2. The van der Waals surface area contributed by atoms with Crippen molar-refractivity contribution < 1.29 is 19.4 Å². The molecule has 3 rings (SSSR count). The maximum Gasteiger partial charge on any atom is 0.317 e. The highest BCUT2D eigenvalue weighted by molar-refractivity contribution is 5.94. The van der Waals surface area contributed by atoms with E-state index in [4.69, 9.17) is 9.84 Å². The summed E-state index contributed by atoms with van der Waals surface area (Å²) in [6.07, 6.45) is 4.04. The Kier molecular flexibility index (Phi) is 5.04. The zero-order valence-corrected chi connectivity index (χ0v) is 13.9. The number of methoxy groups -OCH3 is 1. The Hall–Kier alpha value is -2.08. The van der Waals surface area contributed by atoms with E-state index in [-0.39, 0.29) is 24.5 Å². The summed E-state index contributed by atoms with van der Waals surface area (Å²) in [5.41, 5.74) is 0.582. The first-order chi connectivity index (χ1) is 11.5. The molecule has 2 fully saturated rings. The van der Waals surface area contributed by atoms with Gasteiger partial charge in [0.2, 0.25) is 0 Å². The Balaban J connectivity index is 1.49. The highest BCUT2D eigenvalue weighted by atomic mass is 16.5. The summed E-state index contributed by atoms with van der Waals surface area (Å²) in [6.45, 7) is 0.964. The number of nitrogens with zero attached hydrogens (tertiary/aromatic N) is 1. The molecule has 0 spiro atoms.